The third kappa shape index (κ3) is 2.81. The molecule has 0 bridgehead atoms. The summed E-state index contributed by atoms with van der Waals surface area (Å²) < 4.78 is 0. The molecule has 0 aromatic heterocycles. The van der Waals surface area contributed by atoms with Crippen LogP contribution in [0.4, 0.5) is 0 Å². The highest BCUT2D eigenvalue weighted by atomic mass is 16.2. The van der Waals surface area contributed by atoms with Gasteiger partial charge in [0.1, 0.15) is 0 Å². The molecule has 0 aromatic rings. The minimum atomic E-state index is -0.0494. The van der Waals surface area contributed by atoms with Crippen molar-refractivity contribution < 1.29 is 4.79 Å². The van der Waals surface area contributed by atoms with Crippen molar-refractivity contribution in [1.29, 1.82) is 0 Å². The fraction of sp³-hybridized carbons (Fsp3) is 0.889. The summed E-state index contributed by atoms with van der Waals surface area (Å²) in [6.07, 6.45) is 1.40. The summed E-state index contributed by atoms with van der Waals surface area (Å²) in [5.74, 6) is 0.129. The number of hydrogen-bond acceptors (Lipinski definition) is 2. The molecule has 12 heavy (non-hydrogen) atoms. The van der Waals surface area contributed by atoms with Gasteiger partial charge in [-0.15, -0.1) is 0 Å². The Balaban J connectivity index is 4.17. The molecule has 0 spiro atoms. The summed E-state index contributed by atoms with van der Waals surface area (Å²) in [7, 11) is 1.83. The first-order valence-electron chi connectivity index (χ1n) is 4.42. The Bertz CT molecular complexity index is 155. The lowest BCUT2D eigenvalue weighted by Crippen LogP contribution is -2.44. The highest BCUT2D eigenvalue weighted by molar-refractivity contribution is 5.76. The number of nitrogens with zero attached hydrogens (tertiary/aromatic N) is 1. The Morgan fingerprint density at radius 2 is 2.00 bits per heavy atom. The number of amides is 1. The molecule has 72 valence electrons. The van der Waals surface area contributed by atoms with Crippen molar-refractivity contribution in [3.63, 3.8) is 0 Å². The van der Waals surface area contributed by atoms with Crippen LogP contribution in [0, 0.1) is 0 Å². The number of rotatable bonds is 4. The summed E-state index contributed by atoms with van der Waals surface area (Å²) in [5, 5.41) is 0. The summed E-state index contributed by atoms with van der Waals surface area (Å²) in [5.41, 5.74) is 5.26. The normalized spacial score (nSPS) is 11.4. The number of nitrogens with two attached hydrogens (primary N) is 1. The van der Waals surface area contributed by atoms with Crippen LogP contribution in [-0.4, -0.2) is 29.9 Å². The number of carbonyl (C=O) groups is 1. The fourth-order valence-electron chi connectivity index (χ4n) is 0.866. The van der Waals surface area contributed by atoms with Crippen molar-refractivity contribution in [2.45, 2.75) is 39.2 Å². The molecule has 3 nitrogen and oxygen atoms in total. The van der Waals surface area contributed by atoms with Crippen LogP contribution in [-0.2, 0) is 4.79 Å². The van der Waals surface area contributed by atoms with Gasteiger partial charge in [0, 0.05) is 25.6 Å². The Morgan fingerprint density at radius 3 is 2.33 bits per heavy atom. The van der Waals surface area contributed by atoms with Gasteiger partial charge < -0.3 is 10.6 Å². The maximum absolute atomic E-state index is 11.4. The molecule has 1 amide bonds. The van der Waals surface area contributed by atoms with Crippen molar-refractivity contribution in [3.05, 3.63) is 0 Å². The van der Waals surface area contributed by atoms with Crippen molar-refractivity contribution in [2.24, 2.45) is 5.73 Å². The smallest absolute Gasteiger partial charge is 0.224 e. The third-order valence-electron chi connectivity index (χ3n) is 2.51. The van der Waals surface area contributed by atoms with Crippen LogP contribution >= 0.6 is 0 Å². The zero-order valence-corrected chi connectivity index (χ0v) is 8.55. The summed E-state index contributed by atoms with van der Waals surface area (Å²) in [4.78, 5) is 13.2. The zero-order valence-electron chi connectivity index (χ0n) is 8.55. The van der Waals surface area contributed by atoms with Crippen LogP contribution in [0.1, 0.15) is 33.6 Å². The van der Waals surface area contributed by atoms with Gasteiger partial charge in [0.05, 0.1) is 0 Å². The third-order valence-corrected chi connectivity index (χ3v) is 2.51. The largest absolute Gasteiger partial charge is 0.341 e. The van der Waals surface area contributed by atoms with Gasteiger partial charge in [-0.25, -0.2) is 0 Å². The van der Waals surface area contributed by atoms with E-state index in [1.54, 1.807) is 4.90 Å². The molecular formula is C9H20N2O. The molecule has 0 radical (unpaired) electrons. The van der Waals surface area contributed by atoms with Gasteiger partial charge >= 0.3 is 0 Å². The molecule has 0 saturated heterocycles. The lowest BCUT2D eigenvalue weighted by atomic mass is 10.00. The maximum Gasteiger partial charge on any atom is 0.224 e. The van der Waals surface area contributed by atoms with Gasteiger partial charge in [-0.2, -0.15) is 0 Å². The Labute approximate surface area is 74.9 Å². The van der Waals surface area contributed by atoms with Crippen LogP contribution in [0.5, 0.6) is 0 Å². The second kappa shape index (κ2) is 4.45. The Morgan fingerprint density at radius 1 is 1.50 bits per heavy atom. The molecule has 0 aromatic carbocycles. The SMILES string of the molecule is CCC(C)(C)N(C)C(=O)CCN. The van der Waals surface area contributed by atoms with Crippen LogP contribution in [0.15, 0.2) is 0 Å². The molecule has 0 aliphatic heterocycles. The van der Waals surface area contributed by atoms with Crippen LogP contribution in [0.25, 0.3) is 0 Å². The topological polar surface area (TPSA) is 46.3 Å². The predicted molar refractivity (Wildman–Crippen MR) is 50.8 cm³/mol. The molecule has 0 atom stereocenters. The lowest BCUT2D eigenvalue weighted by Gasteiger charge is -2.34. The van der Waals surface area contributed by atoms with Gasteiger partial charge in [0.25, 0.3) is 0 Å². The molecule has 0 aliphatic carbocycles. The maximum atomic E-state index is 11.4. The van der Waals surface area contributed by atoms with Crippen LogP contribution in [0.3, 0.4) is 0 Å². The van der Waals surface area contributed by atoms with E-state index >= 15 is 0 Å². The van der Waals surface area contributed by atoms with E-state index in [4.69, 9.17) is 5.73 Å². The van der Waals surface area contributed by atoms with Crippen molar-refractivity contribution >= 4 is 5.91 Å². The van der Waals surface area contributed by atoms with Gasteiger partial charge in [-0.1, -0.05) is 6.92 Å². The highest BCUT2D eigenvalue weighted by Gasteiger charge is 2.24. The summed E-state index contributed by atoms with van der Waals surface area (Å²) in [6, 6.07) is 0. The van der Waals surface area contributed by atoms with Crippen molar-refractivity contribution in [3.8, 4) is 0 Å². The standard InChI is InChI=1S/C9H20N2O/c1-5-9(2,3)11(4)8(12)6-7-10/h5-7,10H2,1-4H3. The second-order valence-corrected chi connectivity index (χ2v) is 3.66. The first kappa shape index (κ1) is 11.4. The summed E-state index contributed by atoms with van der Waals surface area (Å²) >= 11 is 0. The van der Waals surface area contributed by atoms with Gasteiger partial charge in [-0.3, -0.25) is 4.79 Å². The Kier molecular flexibility index (Phi) is 4.24. The molecule has 3 heteroatoms. The monoisotopic (exact) mass is 172 g/mol. The van der Waals surface area contributed by atoms with Crippen molar-refractivity contribution in [2.75, 3.05) is 13.6 Å². The number of carbonyl (C=O) groups excluding carboxylic acids is 1. The molecule has 0 heterocycles. The van der Waals surface area contributed by atoms with Gasteiger partial charge in [-0.05, 0) is 20.3 Å². The van der Waals surface area contributed by atoms with Crippen molar-refractivity contribution in [1.82, 2.24) is 4.90 Å². The fourth-order valence-corrected chi connectivity index (χ4v) is 0.866. The quantitative estimate of drug-likeness (QED) is 0.687. The van der Waals surface area contributed by atoms with E-state index in [1.807, 2.05) is 7.05 Å². The van der Waals surface area contributed by atoms with Crippen LogP contribution < -0.4 is 5.73 Å². The van der Waals surface area contributed by atoms with E-state index in [0.29, 0.717) is 13.0 Å². The zero-order chi connectivity index (χ0) is 9.78. The molecule has 0 aliphatic rings. The molecule has 0 fully saturated rings. The minimum absolute atomic E-state index is 0.0494. The van der Waals surface area contributed by atoms with Gasteiger partial charge in [0.2, 0.25) is 5.91 Å². The molecule has 2 N–H and O–H groups in total. The molecule has 0 saturated carbocycles. The average Bonchev–Trinajstić information content (AvgIpc) is 2.03. The number of hydrogen-bond donors (Lipinski definition) is 1. The van der Waals surface area contributed by atoms with E-state index in [-0.39, 0.29) is 11.4 Å². The minimum Gasteiger partial charge on any atom is -0.341 e. The first-order chi connectivity index (χ1) is 5.45. The Hall–Kier alpha value is -0.570. The van der Waals surface area contributed by atoms with E-state index in [0.717, 1.165) is 6.42 Å². The first-order valence-corrected chi connectivity index (χ1v) is 4.42. The second-order valence-electron chi connectivity index (χ2n) is 3.66. The highest BCUT2D eigenvalue weighted by Crippen LogP contribution is 2.16. The van der Waals surface area contributed by atoms with Gasteiger partial charge in [0.15, 0.2) is 0 Å². The summed E-state index contributed by atoms with van der Waals surface area (Å²) in [6.45, 7) is 6.62. The molecule has 0 rings (SSSR count). The van der Waals surface area contributed by atoms with E-state index < -0.39 is 0 Å². The molecular weight excluding hydrogens is 152 g/mol. The van der Waals surface area contributed by atoms with E-state index in [1.165, 1.54) is 0 Å². The average molecular weight is 172 g/mol. The predicted octanol–water partition coefficient (Wildman–Crippen LogP) is 0.982. The van der Waals surface area contributed by atoms with E-state index in [2.05, 4.69) is 20.8 Å². The molecule has 0 unspecified atom stereocenters. The van der Waals surface area contributed by atoms with Crippen LogP contribution in [0.2, 0.25) is 0 Å². The lowest BCUT2D eigenvalue weighted by molar-refractivity contribution is -0.134. The van der Waals surface area contributed by atoms with E-state index in [9.17, 15) is 4.79 Å².